The van der Waals surface area contributed by atoms with E-state index in [1.54, 1.807) is 7.11 Å². The fraction of sp³-hybridized carbons (Fsp3) is 0.533. The predicted octanol–water partition coefficient (Wildman–Crippen LogP) is 2.66. The van der Waals surface area contributed by atoms with Gasteiger partial charge in [-0.25, -0.2) is 0 Å². The van der Waals surface area contributed by atoms with Crippen LogP contribution in [-0.4, -0.2) is 19.8 Å². The number of unbranched alkanes of at least 4 members (excludes halogenated alkanes) is 1. The summed E-state index contributed by atoms with van der Waals surface area (Å²) in [5.41, 5.74) is 7.06. The fourth-order valence-corrected chi connectivity index (χ4v) is 1.80. The summed E-state index contributed by atoms with van der Waals surface area (Å²) in [7, 11) is 1.63. The largest absolute Gasteiger partial charge is 0.493 e. The molecule has 19 heavy (non-hydrogen) atoms. The van der Waals surface area contributed by atoms with Gasteiger partial charge in [-0.2, -0.15) is 5.26 Å². The second kappa shape index (κ2) is 8.39. The van der Waals surface area contributed by atoms with Crippen LogP contribution in [0.25, 0.3) is 0 Å². The summed E-state index contributed by atoms with van der Waals surface area (Å²) in [5.74, 6) is 1.48. The van der Waals surface area contributed by atoms with Gasteiger partial charge in [-0.05, 0) is 30.9 Å². The molecule has 0 radical (unpaired) electrons. The van der Waals surface area contributed by atoms with E-state index in [-0.39, 0.29) is 6.04 Å². The molecule has 0 aromatic heterocycles. The molecule has 0 aliphatic heterocycles. The smallest absolute Gasteiger partial charge is 0.164 e. The lowest BCUT2D eigenvalue weighted by Crippen LogP contribution is -2.21. The van der Waals surface area contributed by atoms with E-state index in [1.807, 2.05) is 18.2 Å². The minimum absolute atomic E-state index is 0.119. The first kappa shape index (κ1) is 15.3. The van der Waals surface area contributed by atoms with Crippen molar-refractivity contribution in [1.29, 1.82) is 5.26 Å². The maximum atomic E-state index is 8.52. The number of hydrogen-bond donors (Lipinski definition) is 1. The molecule has 0 bridgehead atoms. The van der Waals surface area contributed by atoms with Gasteiger partial charge in [-0.15, -0.1) is 0 Å². The van der Waals surface area contributed by atoms with E-state index < -0.39 is 0 Å². The first-order valence-corrected chi connectivity index (χ1v) is 6.64. The molecule has 0 fully saturated rings. The van der Waals surface area contributed by atoms with E-state index in [0.29, 0.717) is 19.4 Å². The standard InChI is InChI=1S/C15H22N2O2/c1-3-13(17)11-12-7-6-8-14(18-2)15(12)19-10-5-4-9-16/h6-8,13H,3-5,10-11,17H2,1-2H3. The van der Waals surface area contributed by atoms with E-state index >= 15 is 0 Å². The summed E-state index contributed by atoms with van der Waals surface area (Å²) < 4.78 is 11.1. The highest BCUT2D eigenvalue weighted by atomic mass is 16.5. The Balaban J connectivity index is 2.80. The van der Waals surface area contributed by atoms with Crippen LogP contribution in [0, 0.1) is 11.3 Å². The highest BCUT2D eigenvalue weighted by Crippen LogP contribution is 2.32. The van der Waals surface area contributed by atoms with Crippen LogP contribution in [0.5, 0.6) is 11.5 Å². The molecule has 104 valence electrons. The van der Waals surface area contributed by atoms with Gasteiger partial charge in [0.2, 0.25) is 0 Å². The number of nitriles is 1. The van der Waals surface area contributed by atoms with Gasteiger partial charge in [-0.1, -0.05) is 19.1 Å². The van der Waals surface area contributed by atoms with E-state index in [1.165, 1.54) is 0 Å². The molecule has 1 aromatic carbocycles. The zero-order valence-electron chi connectivity index (χ0n) is 11.7. The lowest BCUT2D eigenvalue weighted by atomic mass is 10.0. The van der Waals surface area contributed by atoms with Gasteiger partial charge in [0.05, 0.1) is 19.8 Å². The third-order valence-corrected chi connectivity index (χ3v) is 2.97. The van der Waals surface area contributed by atoms with E-state index in [2.05, 4.69) is 13.0 Å². The van der Waals surface area contributed by atoms with Crippen molar-refractivity contribution in [3.63, 3.8) is 0 Å². The summed E-state index contributed by atoms with van der Waals surface area (Å²) in [6, 6.07) is 8.06. The molecule has 0 heterocycles. The van der Waals surface area contributed by atoms with Crippen molar-refractivity contribution in [2.75, 3.05) is 13.7 Å². The van der Waals surface area contributed by atoms with Crippen LogP contribution >= 0.6 is 0 Å². The molecule has 4 heteroatoms. The van der Waals surface area contributed by atoms with E-state index in [0.717, 1.165) is 29.9 Å². The van der Waals surface area contributed by atoms with Crippen LogP contribution in [0.1, 0.15) is 31.7 Å². The van der Waals surface area contributed by atoms with Gasteiger partial charge >= 0.3 is 0 Å². The Morgan fingerprint density at radius 3 is 2.84 bits per heavy atom. The minimum Gasteiger partial charge on any atom is -0.493 e. The summed E-state index contributed by atoms with van der Waals surface area (Å²) in [6.07, 6.45) is 2.90. The fourth-order valence-electron chi connectivity index (χ4n) is 1.80. The van der Waals surface area contributed by atoms with Crippen molar-refractivity contribution in [3.8, 4) is 17.6 Å². The molecule has 0 aliphatic rings. The van der Waals surface area contributed by atoms with Crippen LogP contribution in [0.15, 0.2) is 18.2 Å². The molecule has 1 aromatic rings. The van der Waals surface area contributed by atoms with Crippen molar-refractivity contribution in [3.05, 3.63) is 23.8 Å². The molecule has 1 rings (SSSR count). The Morgan fingerprint density at radius 1 is 1.42 bits per heavy atom. The number of ether oxygens (including phenoxy) is 2. The van der Waals surface area contributed by atoms with Gasteiger partial charge < -0.3 is 15.2 Å². The molecule has 1 unspecified atom stereocenters. The molecule has 1 atom stereocenters. The number of benzene rings is 1. The van der Waals surface area contributed by atoms with Crippen LogP contribution in [0.3, 0.4) is 0 Å². The first-order chi connectivity index (χ1) is 9.22. The second-order valence-corrected chi connectivity index (χ2v) is 4.43. The monoisotopic (exact) mass is 262 g/mol. The molecular formula is C15H22N2O2. The molecule has 4 nitrogen and oxygen atoms in total. The van der Waals surface area contributed by atoms with E-state index in [4.69, 9.17) is 20.5 Å². The van der Waals surface area contributed by atoms with Crippen molar-refractivity contribution in [1.82, 2.24) is 0 Å². The summed E-state index contributed by atoms with van der Waals surface area (Å²) >= 11 is 0. The highest BCUT2D eigenvalue weighted by Gasteiger charge is 2.12. The molecule has 2 N–H and O–H groups in total. The van der Waals surface area contributed by atoms with Gasteiger partial charge in [0, 0.05) is 12.5 Å². The Bertz CT molecular complexity index is 427. The lowest BCUT2D eigenvalue weighted by Gasteiger charge is -2.16. The molecule has 0 aliphatic carbocycles. The average molecular weight is 262 g/mol. The maximum absolute atomic E-state index is 8.52. The number of methoxy groups -OCH3 is 1. The summed E-state index contributed by atoms with van der Waals surface area (Å²) in [5, 5.41) is 8.52. The third-order valence-electron chi connectivity index (χ3n) is 2.97. The molecule has 0 saturated carbocycles. The van der Waals surface area contributed by atoms with Crippen molar-refractivity contribution < 1.29 is 9.47 Å². The zero-order chi connectivity index (χ0) is 14.1. The number of nitrogens with zero attached hydrogens (tertiary/aromatic N) is 1. The minimum atomic E-state index is 0.119. The van der Waals surface area contributed by atoms with Crippen LogP contribution in [0.4, 0.5) is 0 Å². The van der Waals surface area contributed by atoms with Gasteiger partial charge in [-0.3, -0.25) is 0 Å². The van der Waals surface area contributed by atoms with Gasteiger partial charge in [0.25, 0.3) is 0 Å². The second-order valence-electron chi connectivity index (χ2n) is 4.43. The van der Waals surface area contributed by atoms with Crippen LogP contribution < -0.4 is 15.2 Å². The average Bonchev–Trinajstić information content (AvgIpc) is 2.44. The molecule has 0 amide bonds. The molecular weight excluding hydrogens is 240 g/mol. The number of nitrogens with two attached hydrogens (primary N) is 1. The Morgan fingerprint density at radius 2 is 2.21 bits per heavy atom. The normalized spacial score (nSPS) is 11.7. The predicted molar refractivity (Wildman–Crippen MR) is 75.3 cm³/mol. The van der Waals surface area contributed by atoms with E-state index in [9.17, 15) is 0 Å². The van der Waals surface area contributed by atoms with Crippen LogP contribution in [-0.2, 0) is 6.42 Å². The quantitative estimate of drug-likeness (QED) is 0.731. The topological polar surface area (TPSA) is 68.3 Å². The van der Waals surface area contributed by atoms with Crippen LogP contribution in [0.2, 0.25) is 0 Å². The number of hydrogen-bond acceptors (Lipinski definition) is 4. The van der Waals surface area contributed by atoms with Gasteiger partial charge in [0.15, 0.2) is 11.5 Å². The lowest BCUT2D eigenvalue weighted by molar-refractivity contribution is 0.287. The Kier molecular flexibility index (Phi) is 6.76. The molecule has 0 spiro atoms. The van der Waals surface area contributed by atoms with Gasteiger partial charge in [0.1, 0.15) is 0 Å². The first-order valence-electron chi connectivity index (χ1n) is 6.64. The number of rotatable bonds is 8. The highest BCUT2D eigenvalue weighted by molar-refractivity contribution is 5.47. The van der Waals surface area contributed by atoms with Crippen molar-refractivity contribution >= 4 is 0 Å². The van der Waals surface area contributed by atoms with Crippen molar-refractivity contribution in [2.45, 2.75) is 38.6 Å². The number of para-hydroxylation sites is 1. The SMILES string of the molecule is CCC(N)Cc1cccc(OC)c1OCCCC#N. The summed E-state index contributed by atoms with van der Waals surface area (Å²) in [6.45, 7) is 2.58. The third kappa shape index (κ3) is 4.80. The maximum Gasteiger partial charge on any atom is 0.164 e. The summed E-state index contributed by atoms with van der Waals surface area (Å²) in [4.78, 5) is 0. The zero-order valence-corrected chi connectivity index (χ0v) is 11.7. The van der Waals surface area contributed by atoms with Crippen molar-refractivity contribution in [2.24, 2.45) is 5.73 Å². The Labute approximate surface area is 115 Å². The molecule has 0 saturated heterocycles. The Hall–Kier alpha value is -1.73.